The van der Waals surface area contributed by atoms with E-state index in [1.54, 1.807) is 0 Å². The van der Waals surface area contributed by atoms with Crippen molar-refractivity contribution in [2.24, 2.45) is 0 Å². The summed E-state index contributed by atoms with van der Waals surface area (Å²) in [4.78, 5) is 0. The molecule has 0 nitrogen and oxygen atoms in total. The molecule has 0 N–H and O–H groups in total. The maximum Gasteiger partial charge on any atom is 0.0159 e. The molecule has 230 valence electrons. The summed E-state index contributed by atoms with van der Waals surface area (Å²) in [5.41, 5.74) is 13.0. The smallest absolute Gasteiger partial charge is 0.0159 e. The molecule has 0 aliphatic heterocycles. The highest BCUT2D eigenvalue weighted by atomic mass is 14.4. The van der Waals surface area contributed by atoms with Gasteiger partial charge in [-0.2, -0.15) is 0 Å². The van der Waals surface area contributed by atoms with Gasteiger partial charge in [0.15, 0.2) is 0 Å². The molecule has 0 radical (unpaired) electrons. The largest absolute Gasteiger partial charge is 0.0616 e. The van der Waals surface area contributed by atoms with Crippen molar-refractivity contribution in [3.05, 3.63) is 181 Å². The summed E-state index contributed by atoms with van der Waals surface area (Å²) >= 11 is 0. The molecule has 0 heteroatoms. The summed E-state index contributed by atoms with van der Waals surface area (Å²) in [6, 6.07) is 63.2. The Morgan fingerprint density at radius 2 is 0.755 bits per heavy atom. The van der Waals surface area contributed by atoms with Crippen molar-refractivity contribution in [3.8, 4) is 44.5 Å². The fourth-order valence-electron chi connectivity index (χ4n) is 8.52. The lowest BCUT2D eigenvalue weighted by Gasteiger charge is -2.23. The van der Waals surface area contributed by atoms with Crippen LogP contribution in [-0.2, 0) is 5.41 Å². The van der Waals surface area contributed by atoms with E-state index in [1.807, 2.05) is 0 Å². The lowest BCUT2D eigenvalue weighted by atomic mass is 9.80. The zero-order valence-corrected chi connectivity index (χ0v) is 27.7. The lowest BCUT2D eigenvalue weighted by Crippen LogP contribution is -2.15. The van der Waals surface area contributed by atoms with Crippen LogP contribution in [0.4, 0.5) is 0 Å². The monoisotopic (exact) mass is 622 g/mol. The van der Waals surface area contributed by atoms with Gasteiger partial charge in [0.25, 0.3) is 0 Å². The van der Waals surface area contributed by atoms with Crippen molar-refractivity contribution >= 4 is 43.1 Å². The van der Waals surface area contributed by atoms with Gasteiger partial charge in [-0.25, -0.2) is 0 Å². The lowest BCUT2D eigenvalue weighted by molar-refractivity contribution is 0.661. The van der Waals surface area contributed by atoms with Gasteiger partial charge in [0.1, 0.15) is 0 Å². The average molecular weight is 623 g/mol. The third-order valence-corrected chi connectivity index (χ3v) is 11.1. The van der Waals surface area contributed by atoms with Crippen LogP contribution in [-0.4, -0.2) is 0 Å². The Bertz CT molecular complexity index is 2800. The van der Waals surface area contributed by atoms with Crippen LogP contribution >= 0.6 is 0 Å². The van der Waals surface area contributed by atoms with Gasteiger partial charge in [-0.15, -0.1) is 0 Å². The minimum atomic E-state index is -0.118. The topological polar surface area (TPSA) is 0 Å². The highest BCUT2D eigenvalue weighted by Gasteiger charge is 2.36. The average Bonchev–Trinajstić information content (AvgIpc) is 3.38. The number of fused-ring (bicyclic) bond motifs is 8. The van der Waals surface area contributed by atoms with Gasteiger partial charge in [0.05, 0.1) is 0 Å². The molecule has 0 atom stereocenters. The molecule has 0 aromatic heterocycles. The van der Waals surface area contributed by atoms with E-state index < -0.39 is 0 Å². The molecular weight excluding hydrogens is 589 g/mol. The Hall–Kier alpha value is -5.98. The van der Waals surface area contributed by atoms with Gasteiger partial charge in [-0.1, -0.05) is 159 Å². The second-order valence-electron chi connectivity index (χ2n) is 14.1. The molecule has 0 heterocycles. The summed E-state index contributed by atoms with van der Waals surface area (Å²) in [5, 5.41) is 10.3. The second-order valence-corrected chi connectivity index (χ2v) is 14.1. The number of hydrogen-bond acceptors (Lipinski definition) is 0. The summed E-state index contributed by atoms with van der Waals surface area (Å²) in [6.07, 6.45) is 0. The maximum absolute atomic E-state index is 2.46. The Balaban J connectivity index is 1.09. The first-order valence-corrected chi connectivity index (χ1v) is 17.3. The van der Waals surface area contributed by atoms with Crippen molar-refractivity contribution in [1.82, 2.24) is 0 Å². The quantitative estimate of drug-likeness (QED) is 0.172. The molecule has 49 heavy (non-hydrogen) atoms. The number of rotatable bonds is 3. The Morgan fingerprint density at radius 1 is 0.286 bits per heavy atom. The van der Waals surface area contributed by atoms with Crippen LogP contribution in [0, 0.1) is 0 Å². The molecule has 0 unspecified atom stereocenters. The van der Waals surface area contributed by atoms with Gasteiger partial charge in [0.2, 0.25) is 0 Å². The van der Waals surface area contributed by atoms with E-state index in [-0.39, 0.29) is 5.41 Å². The normalized spacial score (nSPS) is 13.3. The van der Waals surface area contributed by atoms with Crippen molar-refractivity contribution < 1.29 is 0 Å². The molecule has 0 bridgehead atoms. The third kappa shape index (κ3) is 4.24. The first-order valence-electron chi connectivity index (χ1n) is 17.3. The van der Waals surface area contributed by atoms with Crippen molar-refractivity contribution in [2.45, 2.75) is 19.3 Å². The number of benzene rings is 9. The molecule has 0 saturated carbocycles. The molecule has 9 aromatic carbocycles. The molecule has 0 spiro atoms. The molecule has 9 aromatic rings. The minimum absolute atomic E-state index is 0.118. The molecule has 1 aliphatic rings. The molecule has 1 aliphatic carbocycles. The SMILES string of the molecule is CC1(C)c2cc(-c3ccc4ccccc4c3)ccc2-c2ccc(-c3ccc(-c4cc5ccccc5c5ccccc45)c4ccccc34)cc21. The van der Waals surface area contributed by atoms with E-state index in [0.717, 1.165) is 0 Å². The Morgan fingerprint density at radius 3 is 1.49 bits per heavy atom. The van der Waals surface area contributed by atoms with E-state index in [1.165, 1.54) is 98.7 Å². The van der Waals surface area contributed by atoms with E-state index >= 15 is 0 Å². The summed E-state index contributed by atoms with van der Waals surface area (Å²) in [7, 11) is 0. The van der Waals surface area contributed by atoms with Gasteiger partial charge in [0, 0.05) is 5.41 Å². The molecule has 10 rings (SSSR count). The predicted octanol–water partition coefficient (Wildman–Crippen LogP) is 13.6. The van der Waals surface area contributed by atoms with Crippen LogP contribution in [0.2, 0.25) is 0 Å². The second kappa shape index (κ2) is 10.5. The molecule has 0 amide bonds. The molecule has 0 saturated heterocycles. The summed E-state index contributed by atoms with van der Waals surface area (Å²) in [5.74, 6) is 0. The summed E-state index contributed by atoms with van der Waals surface area (Å²) < 4.78 is 0. The van der Waals surface area contributed by atoms with Gasteiger partial charge >= 0.3 is 0 Å². The van der Waals surface area contributed by atoms with E-state index in [4.69, 9.17) is 0 Å². The van der Waals surface area contributed by atoms with Crippen LogP contribution in [0.3, 0.4) is 0 Å². The van der Waals surface area contributed by atoms with Crippen molar-refractivity contribution in [1.29, 1.82) is 0 Å². The molecular formula is C49H34. The first kappa shape index (κ1) is 28.1. The highest BCUT2D eigenvalue weighted by molar-refractivity contribution is 6.17. The van der Waals surface area contributed by atoms with Gasteiger partial charge in [-0.05, 0) is 123 Å². The van der Waals surface area contributed by atoms with Crippen LogP contribution in [0.15, 0.2) is 170 Å². The Labute approximate surface area is 286 Å². The zero-order chi connectivity index (χ0) is 32.7. The van der Waals surface area contributed by atoms with E-state index in [9.17, 15) is 0 Å². The third-order valence-electron chi connectivity index (χ3n) is 11.1. The fraction of sp³-hybridized carbons (Fsp3) is 0.0612. The first-order chi connectivity index (χ1) is 24.0. The van der Waals surface area contributed by atoms with E-state index in [2.05, 4.69) is 184 Å². The van der Waals surface area contributed by atoms with Crippen molar-refractivity contribution in [3.63, 3.8) is 0 Å². The Kier molecular flexibility index (Phi) is 6.02. The van der Waals surface area contributed by atoms with Crippen LogP contribution in [0.1, 0.15) is 25.0 Å². The maximum atomic E-state index is 2.46. The van der Waals surface area contributed by atoms with Crippen molar-refractivity contribution in [2.75, 3.05) is 0 Å². The van der Waals surface area contributed by atoms with Gasteiger partial charge < -0.3 is 0 Å². The summed E-state index contributed by atoms with van der Waals surface area (Å²) in [6.45, 7) is 4.77. The van der Waals surface area contributed by atoms with Crippen LogP contribution < -0.4 is 0 Å². The van der Waals surface area contributed by atoms with Crippen LogP contribution in [0.25, 0.3) is 87.6 Å². The number of hydrogen-bond donors (Lipinski definition) is 0. The predicted molar refractivity (Wildman–Crippen MR) is 210 cm³/mol. The van der Waals surface area contributed by atoms with Gasteiger partial charge in [-0.3, -0.25) is 0 Å². The standard InChI is InChI=1S/C49H34/c1-49(2)47-29-34(33-20-19-31-11-3-4-12-32(31)27-33)21-23-44(47)45-24-22-36(30-48(45)49)38-25-26-43(41-17-9-7-16-40(38)41)46-28-35-13-5-6-14-37(35)39-15-8-10-18-42(39)46/h3-30H,1-2H3. The van der Waals surface area contributed by atoms with Crippen LogP contribution in [0.5, 0.6) is 0 Å². The van der Waals surface area contributed by atoms with E-state index in [0.29, 0.717) is 0 Å². The zero-order valence-electron chi connectivity index (χ0n) is 27.7. The minimum Gasteiger partial charge on any atom is -0.0616 e. The molecule has 0 fully saturated rings. The highest BCUT2D eigenvalue weighted by Crippen LogP contribution is 2.51. The fourth-order valence-corrected chi connectivity index (χ4v) is 8.52.